The summed E-state index contributed by atoms with van der Waals surface area (Å²) in [6, 6.07) is 10.0. The molecule has 1 aromatic heterocycles. The smallest absolute Gasteiger partial charge is 0.419 e. The Kier molecular flexibility index (Phi) is 7.78. The van der Waals surface area contributed by atoms with Gasteiger partial charge in [-0.2, -0.15) is 13.2 Å². The number of rotatable bonds is 5. The van der Waals surface area contributed by atoms with Gasteiger partial charge in [0.15, 0.2) is 0 Å². The van der Waals surface area contributed by atoms with Gasteiger partial charge in [0.2, 0.25) is 5.95 Å². The Morgan fingerprint density at radius 2 is 1.63 bits per heavy atom. The minimum absolute atomic E-state index is 0.190. The van der Waals surface area contributed by atoms with Crippen molar-refractivity contribution < 1.29 is 22.7 Å². The van der Waals surface area contributed by atoms with Crippen LogP contribution >= 0.6 is 0 Å². The van der Waals surface area contributed by atoms with Gasteiger partial charge < -0.3 is 9.64 Å². The topological polar surface area (TPSA) is 61.8 Å². The fraction of sp³-hybridized carbons (Fsp3) is 0.560. The third kappa shape index (κ3) is 6.42. The molecule has 2 aliphatic rings. The number of carbonyl (C=O) groups excluding carboxylic acids is 1. The van der Waals surface area contributed by atoms with Gasteiger partial charge in [0.05, 0.1) is 24.3 Å². The second kappa shape index (κ2) is 10.8. The third-order valence-electron chi connectivity index (χ3n) is 6.78. The molecular formula is C25H32F3N5O2. The average Bonchev–Trinajstić information content (AvgIpc) is 2.83. The first-order valence-electron chi connectivity index (χ1n) is 12.1. The monoisotopic (exact) mass is 491 g/mol. The Bertz CT molecular complexity index is 953. The van der Waals surface area contributed by atoms with Crippen molar-refractivity contribution in [1.29, 1.82) is 0 Å². The molecule has 2 atom stereocenters. The van der Waals surface area contributed by atoms with Gasteiger partial charge in [-0.15, -0.1) is 0 Å². The van der Waals surface area contributed by atoms with Crippen LogP contribution in [0.1, 0.15) is 37.8 Å². The van der Waals surface area contributed by atoms with Crippen LogP contribution in [0.3, 0.4) is 0 Å². The van der Waals surface area contributed by atoms with E-state index in [1.807, 2.05) is 24.8 Å². The summed E-state index contributed by atoms with van der Waals surface area (Å²) in [6.07, 6.45) is -1.24. The number of nitrogens with zero attached hydrogens (tertiary/aromatic N) is 5. The summed E-state index contributed by atoms with van der Waals surface area (Å²) < 4.78 is 44.1. The normalized spacial score (nSPS) is 22.3. The van der Waals surface area contributed by atoms with Crippen molar-refractivity contribution in [3.05, 3.63) is 53.9 Å². The highest BCUT2D eigenvalue weighted by Gasteiger charge is 2.36. The minimum atomic E-state index is -4.47. The molecule has 10 heteroatoms. The first-order chi connectivity index (χ1) is 16.7. The van der Waals surface area contributed by atoms with Crippen molar-refractivity contribution in [3.8, 4) is 0 Å². The van der Waals surface area contributed by atoms with Crippen molar-refractivity contribution in [2.75, 3.05) is 37.7 Å². The standard InChI is InChI=1S/C25H32F3N5O2/c1-18-14-32(23-29-12-22(13-30-23)25(26,27)28)15-19(2)33(18)24(34)35-17-21-8-10-31(11-9-21)16-20-6-4-3-5-7-20/h3-7,12-13,18-19,21H,8-11,14-17H2,1-2H3/t18-,19-/m1/s1. The van der Waals surface area contributed by atoms with Gasteiger partial charge in [0, 0.05) is 32.0 Å². The highest BCUT2D eigenvalue weighted by molar-refractivity contribution is 5.69. The summed E-state index contributed by atoms with van der Waals surface area (Å²) in [7, 11) is 0. The van der Waals surface area contributed by atoms with Gasteiger partial charge >= 0.3 is 12.3 Å². The molecule has 2 aliphatic heterocycles. The van der Waals surface area contributed by atoms with E-state index in [0.717, 1.165) is 44.9 Å². The third-order valence-corrected chi connectivity index (χ3v) is 6.78. The first-order valence-corrected chi connectivity index (χ1v) is 12.1. The number of hydrogen-bond donors (Lipinski definition) is 0. The van der Waals surface area contributed by atoms with Crippen molar-refractivity contribution in [3.63, 3.8) is 0 Å². The van der Waals surface area contributed by atoms with Gasteiger partial charge in [-0.05, 0) is 51.3 Å². The minimum Gasteiger partial charge on any atom is -0.449 e. The van der Waals surface area contributed by atoms with Crippen LogP contribution in [-0.4, -0.2) is 70.7 Å². The zero-order chi connectivity index (χ0) is 25.0. The molecule has 0 radical (unpaired) electrons. The molecule has 35 heavy (non-hydrogen) atoms. The summed E-state index contributed by atoms with van der Waals surface area (Å²) in [4.78, 5) is 26.6. The Morgan fingerprint density at radius 1 is 1.03 bits per heavy atom. The summed E-state index contributed by atoms with van der Waals surface area (Å²) in [6.45, 7) is 7.94. The zero-order valence-electron chi connectivity index (χ0n) is 20.1. The predicted molar refractivity (Wildman–Crippen MR) is 126 cm³/mol. The van der Waals surface area contributed by atoms with E-state index in [-0.39, 0.29) is 24.1 Å². The van der Waals surface area contributed by atoms with Crippen molar-refractivity contribution >= 4 is 12.0 Å². The van der Waals surface area contributed by atoms with E-state index in [4.69, 9.17) is 4.74 Å². The molecule has 2 saturated heterocycles. The maximum Gasteiger partial charge on any atom is 0.419 e. The Morgan fingerprint density at radius 3 is 2.20 bits per heavy atom. The molecule has 0 spiro atoms. The number of likely N-dealkylation sites (tertiary alicyclic amines) is 1. The predicted octanol–water partition coefficient (Wildman–Crippen LogP) is 4.44. The zero-order valence-corrected chi connectivity index (χ0v) is 20.1. The van der Waals surface area contributed by atoms with Crippen LogP contribution < -0.4 is 4.90 Å². The fourth-order valence-electron chi connectivity index (χ4n) is 4.89. The highest BCUT2D eigenvalue weighted by Crippen LogP contribution is 2.29. The Hall–Kier alpha value is -2.88. The van der Waals surface area contributed by atoms with E-state index in [0.29, 0.717) is 25.6 Å². The number of carbonyl (C=O) groups is 1. The van der Waals surface area contributed by atoms with Gasteiger partial charge in [-0.1, -0.05) is 30.3 Å². The lowest BCUT2D eigenvalue weighted by Gasteiger charge is -2.43. The summed E-state index contributed by atoms with van der Waals surface area (Å²) in [5.74, 6) is 0.574. The van der Waals surface area contributed by atoms with Gasteiger partial charge in [-0.25, -0.2) is 14.8 Å². The summed E-state index contributed by atoms with van der Waals surface area (Å²) in [5.41, 5.74) is 0.427. The van der Waals surface area contributed by atoms with E-state index in [9.17, 15) is 18.0 Å². The van der Waals surface area contributed by atoms with Crippen molar-refractivity contribution in [1.82, 2.24) is 19.8 Å². The van der Waals surface area contributed by atoms with Gasteiger partial charge in [0.25, 0.3) is 0 Å². The van der Waals surface area contributed by atoms with E-state index in [1.165, 1.54) is 5.56 Å². The lowest BCUT2D eigenvalue weighted by Crippen LogP contribution is -2.59. The van der Waals surface area contributed by atoms with Gasteiger partial charge in [-0.3, -0.25) is 9.80 Å². The Balaban J connectivity index is 1.24. The molecule has 4 rings (SSSR count). The number of piperazine rings is 1. The van der Waals surface area contributed by atoms with Crippen LogP contribution in [0, 0.1) is 5.92 Å². The van der Waals surface area contributed by atoms with E-state index < -0.39 is 11.7 Å². The number of amides is 1. The number of benzene rings is 1. The SMILES string of the molecule is C[C@@H]1CN(c2ncc(C(F)(F)F)cn2)C[C@@H](C)N1C(=O)OCC1CCN(Cc2ccccc2)CC1. The molecule has 1 aromatic carbocycles. The molecule has 0 aliphatic carbocycles. The van der Waals surface area contributed by atoms with Gasteiger partial charge in [0.1, 0.15) is 0 Å². The lowest BCUT2D eigenvalue weighted by atomic mass is 9.97. The molecule has 0 unspecified atom stereocenters. The molecule has 3 heterocycles. The number of halogens is 3. The largest absolute Gasteiger partial charge is 0.449 e. The maximum atomic E-state index is 12.9. The average molecular weight is 492 g/mol. The van der Waals surface area contributed by atoms with Crippen LogP contribution in [0.25, 0.3) is 0 Å². The highest BCUT2D eigenvalue weighted by atomic mass is 19.4. The number of hydrogen-bond acceptors (Lipinski definition) is 6. The summed E-state index contributed by atoms with van der Waals surface area (Å²) >= 11 is 0. The second-order valence-electron chi connectivity index (χ2n) is 9.56. The number of aromatic nitrogens is 2. The number of alkyl halides is 3. The van der Waals surface area contributed by atoms with Crippen LogP contribution in [0.4, 0.5) is 23.9 Å². The van der Waals surface area contributed by atoms with E-state index >= 15 is 0 Å². The number of ether oxygens (including phenoxy) is 1. The quantitative estimate of drug-likeness (QED) is 0.616. The Labute approximate surface area is 203 Å². The molecule has 190 valence electrons. The number of anilines is 1. The van der Waals surface area contributed by atoms with Crippen LogP contribution in [-0.2, 0) is 17.5 Å². The van der Waals surface area contributed by atoms with Crippen molar-refractivity contribution in [2.45, 2.75) is 51.5 Å². The fourth-order valence-corrected chi connectivity index (χ4v) is 4.89. The van der Waals surface area contributed by atoms with Crippen LogP contribution in [0.15, 0.2) is 42.7 Å². The van der Waals surface area contributed by atoms with Crippen LogP contribution in [0.5, 0.6) is 0 Å². The lowest BCUT2D eigenvalue weighted by molar-refractivity contribution is -0.138. The molecule has 0 N–H and O–H groups in total. The molecule has 2 fully saturated rings. The molecular weight excluding hydrogens is 459 g/mol. The molecule has 1 amide bonds. The first kappa shape index (κ1) is 25.2. The second-order valence-corrected chi connectivity index (χ2v) is 9.56. The maximum absolute atomic E-state index is 12.9. The molecule has 0 bridgehead atoms. The molecule has 2 aromatic rings. The molecule has 7 nitrogen and oxygen atoms in total. The van der Waals surface area contributed by atoms with Crippen LogP contribution in [0.2, 0.25) is 0 Å². The summed E-state index contributed by atoms with van der Waals surface area (Å²) in [5, 5.41) is 0. The molecule has 0 saturated carbocycles. The van der Waals surface area contributed by atoms with E-state index in [2.05, 4.69) is 39.1 Å². The van der Waals surface area contributed by atoms with Crippen molar-refractivity contribution in [2.24, 2.45) is 5.92 Å². The number of piperidine rings is 1. The van der Waals surface area contributed by atoms with E-state index in [1.54, 1.807) is 4.90 Å².